The van der Waals surface area contributed by atoms with E-state index in [4.69, 9.17) is 5.73 Å². The Morgan fingerprint density at radius 1 is 1.45 bits per heavy atom. The molecule has 0 saturated heterocycles. The molecule has 7 heteroatoms. The molecule has 1 atom stereocenters. The Kier molecular flexibility index (Phi) is 4.62. The fourth-order valence-electron chi connectivity index (χ4n) is 2.02. The molecule has 110 valence electrons. The van der Waals surface area contributed by atoms with E-state index in [-0.39, 0.29) is 10.9 Å². The van der Waals surface area contributed by atoms with E-state index in [1.807, 2.05) is 13.2 Å². The molecule has 5 nitrogen and oxygen atoms in total. The maximum Gasteiger partial charge on any atom is 0.242 e. The number of rotatable bonds is 6. The van der Waals surface area contributed by atoms with E-state index in [2.05, 4.69) is 9.71 Å². The molecule has 0 aliphatic rings. The summed E-state index contributed by atoms with van der Waals surface area (Å²) in [5, 5.41) is 0.620. The zero-order valence-corrected chi connectivity index (χ0v) is 13.1. The standard InChI is InChI=1S/C13H19N3O2S2/c1-9(5-6-19-2)16-20(17,18)13-8-15-12-4-3-10(14)7-11(12)13/h3-4,7-9,15-16H,5-6,14H2,1-2H3. The first-order chi connectivity index (χ1) is 9.44. The van der Waals surface area contributed by atoms with Gasteiger partial charge in [0.25, 0.3) is 0 Å². The fraction of sp³-hybridized carbons (Fsp3) is 0.385. The molecule has 2 aromatic rings. The number of thioether (sulfide) groups is 1. The van der Waals surface area contributed by atoms with Crippen molar-refractivity contribution in [3.63, 3.8) is 0 Å². The van der Waals surface area contributed by atoms with Crippen LogP contribution in [-0.4, -0.2) is 31.5 Å². The largest absolute Gasteiger partial charge is 0.399 e. The van der Waals surface area contributed by atoms with E-state index in [1.54, 1.807) is 30.0 Å². The number of H-pyrrole nitrogens is 1. The molecule has 20 heavy (non-hydrogen) atoms. The number of nitrogens with two attached hydrogens (primary N) is 1. The number of fused-ring (bicyclic) bond motifs is 1. The number of nitrogen functional groups attached to an aromatic ring is 1. The first kappa shape index (κ1) is 15.2. The molecule has 1 aromatic carbocycles. The van der Waals surface area contributed by atoms with Gasteiger partial charge in [-0.3, -0.25) is 0 Å². The Hall–Kier alpha value is -1.18. The van der Waals surface area contributed by atoms with Crippen LogP contribution in [-0.2, 0) is 10.0 Å². The summed E-state index contributed by atoms with van der Waals surface area (Å²) in [5.41, 5.74) is 7.04. The number of anilines is 1. The van der Waals surface area contributed by atoms with Crippen LogP contribution in [0.1, 0.15) is 13.3 Å². The van der Waals surface area contributed by atoms with Gasteiger partial charge in [0.15, 0.2) is 0 Å². The molecule has 0 spiro atoms. The number of sulfonamides is 1. The van der Waals surface area contributed by atoms with E-state index in [0.29, 0.717) is 11.1 Å². The lowest BCUT2D eigenvalue weighted by atomic mass is 10.2. The van der Waals surface area contributed by atoms with Crippen molar-refractivity contribution in [2.75, 3.05) is 17.7 Å². The Morgan fingerprint density at radius 2 is 2.20 bits per heavy atom. The lowest BCUT2D eigenvalue weighted by molar-refractivity contribution is 0.558. The van der Waals surface area contributed by atoms with Crippen LogP contribution in [0.5, 0.6) is 0 Å². The van der Waals surface area contributed by atoms with Gasteiger partial charge in [-0.1, -0.05) is 0 Å². The number of aromatic amines is 1. The third-order valence-electron chi connectivity index (χ3n) is 3.07. The Labute approximate surface area is 123 Å². The van der Waals surface area contributed by atoms with Crippen molar-refractivity contribution in [1.29, 1.82) is 0 Å². The van der Waals surface area contributed by atoms with E-state index < -0.39 is 10.0 Å². The number of nitrogens with one attached hydrogen (secondary N) is 2. The molecule has 0 amide bonds. The van der Waals surface area contributed by atoms with Crippen LogP contribution in [0.25, 0.3) is 10.9 Å². The SMILES string of the molecule is CSCCC(C)NS(=O)(=O)c1c[nH]c2ccc(N)cc12. The van der Waals surface area contributed by atoms with Crippen LogP contribution in [0.4, 0.5) is 5.69 Å². The molecule has 4 N–H and O–H groups in total. The van der Waals surface area contributed by atoms with Crippen LogP contribution in [0.3, 0.4) is 0 Å². The summed E-state index contributed by atoms with van der Waals surface area (Å²) in [6.07, 6.45) is 4.31. The number of aromatic nitrogens is 1. The predicted molar refractivity (Wildman–Crippen MR) is 85.5 cm³/mol. The minimum absolute atomic E-state index is 0.0986. The van der Waals surface area contributed by atoms with Crippen molar-refractivity contribution < 1.29 is 8.42 Å². The highest BCUT2D eigenvalue weighted by atomic mass is 32.2. The maximum atomic E-state index is 12.4. The zero-order chi connectivity index (χ0) is 14.8. The molecular weight excluding hydrogens is 294 g/mol. The summed E-state index contributed by atoms with van der Waals surface area (Å²) in [7, 11) is -3.54. The second-order valence-electron chi connectivity index (χ2n) is 4.76. The lowest BCUT2D eigenvalue weighted by Crippen LogP contribution is -2.32. The monoisotopic (exact) mass is 313 g/mol. The second kappa shape index (κ2) is 6.07. The van der Waals surface area contributed by atoms with Gasteiger partial charge in [-0.05, 0) is 43.6 Å². The molecule has 1 aromatic heterocycles. The molecule has 0 fully saturated rings. The molecule has 0 saturated carbocycles. The van der Waals surface area contributed by atoms with Crippen molar-refractivity contribution in [1.82, 2.24) is 9.71 Å². The Balaban J connectivity index is 2.30. The molecule has 0 radical (unpaired) electrons. The number of benzene rings is 1. The highest BCUT2D eigenvalue weighted by Crippen LogP contribution is 2.25. The van der Waals surface area contributed by atoms with Gasteiger partial charge in [-0.15, -0.1) is 0 Å². The molecule has 1 unspecified atom stereocenters. The van der Waals surface area contributed by atoms with Gasteiger partial charge in [-0.25, -0.2) is 13.1 Å². The minimum atomic E-state index is -3.54. The topological polar surface area (TPSA) is 88.0 Å². The Bertz CT molecular complexity index is 695. The quantitative estimate of drug-likeness (QED) is 0.713. The molecular formula is C13H19N3O2S2. The number of hydrogen-bond acceptors (Lipinski definition) is 4. The molecule has 1 heterocycles. The molecule has 0 bridgehead atoms. The average molecular weight is 313 g/mol. The van der Waals surface area contributed by atoms with E-state index in [9.17, 15) is 8.42 Å². The Morgan fingerprint density at radius 3 is 2.90 bits per heavy atom. The zero-order valence-electron chi connectivity index (χ0n) is 11.5. The van der Waals surface area contributed by atoms with Crippen molar-refractivity contribution >= 4 is 38.4 Å². The van der Waals surface area contributed by atoms with Crippen LogP contribution >= 0.6 is 11.8 Å². The van der Waals surface area contributed by atoms with E-state index in [0.717, 1.165) is 17.7 Å². The third kappa shape index (κ3) is 3.28. The summed E-state index contributed by atoms with van der Waals surface area (Å²) in [6, 6.07) is 5.09. The average Bonchev–Trinajstić information content (AvgIpc) is 2.79. The van der Waals surface area contributed by atoms with E-state index in [1.165, 1.54) is 6.20 Å². The van der Waals surface area contributed by atoms with Crippen LogP contribution in [0.15, 0.2) is 29.3 Å². The summed E-state index contributed by atoms with van der Waals surface area (Å²) in [6.45, 7) is 1.87. The fourth-order valence-corrected chi connectivity index (χ4v) is 4.05. The van der Waals surface area contributed by atoms with Gasteiger partial charge in [0.05, 0.1) is 0 Å². The van der Waals surface area contributed by atoms with Gasteiger partial charge in [-0.2, -0.15) is 11.8 Å². The summed E-state index contributed by atoms with van der Waals surface area (Å²) in [4.78, 5) is 3.21. The third-order valence-corrected chi connectivity index (χ3v) is 5.34. The van der Waals surface area contributed by atoms with Crippen molar-refractivity contribution in [3.8, 4) is 0 Å². The van der Waals surface area contributed by atoms with Crippen molar-refractivity contribution in [3.05, 3.63) is 24.4 Å². The first-order valence-corrected chi connectivity index (χ1v) is 9.19. The highest BCUT2D eigenvalue weighted by molar-refractivity contribution is 7.98. The molecule has 0 aliphatic carbocycles. The normalized spacial score (nSPS) is 13.7. The summed E-state index contributed by atoms with van der Waals surface area (Å²) < 4.78 is 27.5. The van der Waals surface area contributed by atoms with Crippen molar-refractivity contribution in [2.24, 2.45) is 0 Å². The van der Waals surface area contributed by atoms with Gasteiger partial charge >= 0.3 is 0 Å². The number of hydrogen-bond donors (Lipinski definition) is 3. The first-order valence-electron chi connectivity index (χ1n) is 6.32. The minimum Gasteiger partial charge on any atom is -0.399 e. The van der Waals surface area contributed by atoms with Crippen molar-refractivity contribution in [2.45, 2.75) is 24.3 Å². The molecule has 0 aliphatic heterocycles. The predicted octanol–water partition coefficient (Wildman–Crippen LogP) is 2.17. The second-order valence-corrected chi connectivity index (χ2v) is 7.43. The van der Waals surface area contributed by atoms with Gasteiger partial charge in [0.2, 0.25) is 10.0 Å². The summed E-state index contributed by atoms with van der Waals surface area (Å²) >= 11 is 1.70. The van der Waals surface area contributed by atoms with Crippen LogP contribution in [0.2, 0.25) is 0 Å². The van der Waals surface area contributed by atoms with Gasteiger partial charge in [0, 0.05) is 28.8 Å². The molecule has 2 rings (SSSR count). The lowest BCUT2D eigenvalue weighted by Gasteiger charge is -2.13. The highest BCUT2D eigenvalue weighted by Gasteiger charge is 2.21. The smallest absolute Gasteiger partial charge is 0.242 e. The van der Waals surface area contributed by atoms with Crippen LogP contribution in [0, 0.1) is 0 Å². The van der Waals surface area contributed by atoms with Crippen LogP contribution < -0.4 is 10.5 Å². The summed E-state index contributed by atoms with van der Waals surface area (Å²) in [5.74, 6) is 0.921. The van der Waals surface area contributed by atoms with E-state index >= 15 is 0 Å². The maximum absolute atomic E-state index is 12.4. The van der Waals surface area contributed by atoms with Gasteiger partial charge < -0.3 is 10.7 Å². The van der Waals surface area contributed by atoms with Gasteiger partial charge in [0.1, 0.15) is 4.90 Å².